The van der Waals surface area contributed by atoms with Crippen molar-refractivity contribution in [1.29, 1.82) is 0 Å². The first-order valence-electron chi connectivity index (χ1n) is 16.1. The van der Waals surface area contributed by atoms with Crippen LogP contribution in [0.15, 0.2) is 71.9 Å². The standard InChI is InChI=1S/C37H38ClN3O9/c1-47-33-8-3-21(31-16-34(50-41-31)23-12-24(17-42)29(20-45)25(13-23)18-43)14-35(33)49-10-2-9-48-32-7-4-22(11-26(32)19-44)36-39-30-6-5-27(38)15-28(30)37(46)40-36/h3-8,11-15,34,36,39,42-45H,2,9-10,16-20H2,1H3,(H,40,46). The van der Waals surface area contributed by atoms with Crippen molar-refractivity contribution in [2.45, 2.75) is 51.5 Å². The molecule has 0 saturated carbocycles. The first kappa shape index (κ1) is 35.0. The van der Waals surface area contributed by atoms with E-state index in [1.54, 1.807) is 55.6 Å². The Labute approximate surface area is 293 Å². The summed E-state index contributed by atoms with van der Waals surface area (Å²) in [5.74, 6) is 1.37. The fourth-order valence-corrected chi connectivity index (χ4v) is 6.23. The molecular weight excluding hydrogens is 666 g/mol. The molecule has 2 unspecified atom stereocenters. The van der Waals surface area contributed by atoms with Crippen LogP contribution < -0.4 is 24.8 Å². The Hall–Kier alpha value is -4.85. The van der Waals surface area contributed by atoms with Crippen LogP contribution in [-0.4, -0.2) is 52.4 Å². The number of nitrogens with one attached hydrogen (secondary N) is 2. The molecule has 1 amide bonds. The third kappa shape index (κ3) is 7.49. The molecule has 6 N–H and O–H groups in total. The zero-order chi connectivity index (χ0) is 35.2. The molecule has 0 bridgehead atoms. The molecule has 0 fully saturated rings. The van der Waals surface area contributed by atoms with Crippen LogP contribution in [0.5, 0.6) is 17.2 Å². The number of anilines is 1. The van der Waals surface area contributed by atoms with Crippen molar-refractivity contribution in [3.63, 3.8) is 0 Å². The van der Waals surface area contributed by atoms with Gasteiger partial charge in [0, 0.05) is 34.7 Å². The number of fused-ring (bicyclic) bond motifs is 1. The van der Waals surface area contributed by atoms with Crippen LogP contribution in [0.2, 0.25) is 5.02 Å². The van der Waals surface area contributed by atoms with E-state index in [1.807, 2.05) is 18.2 Å². The van der Waals surface area contributed by atoms with Crippen molar-refractivity contribution < 1.29 is 44.3 Å². The molecule has 4 aromatic carbocycles. The average molecular weight is 704 g/mol. The van der Waals surface area contributed by atoms with Crippen molar-refractivity contribution in [1.82, 2.24) is 5.32 Å². The van der Waals surface area contributed by atoms with E-state index in [0.29, 0.717) is 87.5 Å². The second kappa shape index (κ2) is 15.8. The molecule has 12 nitrogen and oxygen atoms in total. The van der Waals surface area contributed by atoms with Crippen LogP contribution in [0.1, 0.15) is 74.4 Å². The van der Waals surface area contributed by atoms with Gasteiger partial charge in [0.25, 0.3) is 5.91 Å². The van der Waals surface area contributed by atoms with E-state index in [2.05, 4.69) is 15.8 Å². The van der Waals surface area contributed by atoms with E-state index in [4.69, 9.17) is 30.6 Å². The molecular formula is C37H38ClN3O9. The third-order valence-corrected chi connectivity index (χ3v) is 8.92. The number of amides is 1. The largest absolute Gasteiger partial charge is 0.493 e. The van der Waals surface area contributed by atoms with Gasteiger partial charge < -0.3 is 50.1 Å². The Bertz CT molecular complexity index is 1880. The van der Waals surface area contributed by atoms with Crippen LogP contribution in [0.3, 0.4) is 0 Å². The molecule has 2 atom stereocenters. The molecule has 4 aromatic rings. The van der Waals surface area contributed by atoms with E-state index >= 15 is 0 Å². The highest BCUT2D eigenvalue weighted by Crippen LogP contribution is 2.36. The lowest BCUT2D eigenvalue weighted by Crippen LogP contribution is -2.38. The summed E-state index contributed by atoms with van der Waals surface area (Å²) in [6, 6.07) is 19.5. The topological polar surface area (TPSA) is 171 Å². The zero-order valence-electron chi connectivity index (χ0n) is 27.3. The van der Waals surface area contributed by atoms with Gasteiger partial charge in [-0.3, -0.25) is 4.79 Å². The lowest BCUT2D eigenvalue weighted by Gasteiger charge is -2.28. The maximum Gasteiger partial charge on any atom is 0.255 e. The molecule has 262 valence electrons. The van der Waals surface area contributed by atoms with Crippen molar-refractivity contribution in [2.75, 3.05) is 25.6 Å². The lowest BCUT2D eigenvalue weighted by molar-refractivity contribution is 0.0853. The summed E-state index contributed by atoms with van der Waals surface area (Å²) in [5, 5.41) is 50.4. The van der Waals surface area contributed by atoms with Crippen LogP contribution in [0, 0.1) is 0 Å². The first-order chi connectivity index (χ1) is 24.3. The number of oxime groups is 1. The van der Waals surface area contributed by atoms with Crippen LogP contribution in [0.25, 0.3) is 0 Å². The van der Waals surface area contributed by atoms with Crippen LogP contribution in [0.4, 0.5) is 5.69 Å². The molecule has 0 aromatic heterocycles. The van der Waals surface area contributed by atoms with Crippen LogP contribution in [-0.2, 0) is 31.3 Å². The van der Waals surface area contributed by atoms with Gasteiger partial charge in [0.2, 0.25) is 0 Å². The second-order valence-corrected chi connectivity index (χ2v) is 12.2. The van der Waals surface area contributed by atoms with E-state index in [-0.39, 0.29) is 32.3 Å². The quantitative estimate of drug-likeness (QED) is 0.0995. The number of halogens is 1. The fourth-order valence-electron chi connectivity index (χ4n) is 6.06. The number of rotatable bonds is 14. The summed E-state index contributed by atoms with van der Waals surface area (Å²) < 4.78 is 17.6. The fraction of sp³-hybridized carbons (Fsp3) is 0.297. The highest BCUT2D eigenvalue weighted by molar-refractivity contribution is 6.31. The minimum atomic E-state index is -0.487. The highest BCUT2D eigenvalue weighted by Gasteiger charge is 2.27. The van der Waals surface area contributed by atoms with Gasteiger partial charge in [-0.2, -0.15) is 0 Å². The van der Waals surface area contributed by atoms with Crippen molar-refractivity contribution in [2.24, 2.45) is 5.16 Å². The molecule has 2 heterocycles. The van der Waals surface area contributed by atoms with E-state index < -0.39 is 12.3 Å². The SMILES string of the molecule is COc1ccc(C2=NOC(c3cc(CO)c(CO)c(CO)c3)C2)cc1OCCCOc1ccc(C2NC(=O)c3cc(Cl)ccc3N2)cc1CO. The summed E-state index contributed by atoms with van der Waals surface area (Å²) in [6.07, 6.45) is 0.0731. The Morgan fingerprint density at radius 3 is 2.20 bits per heavy atom. The zero-order valence-corrected chi connectivity index (χ0v) is 28.1. The number of aliphatic hydroxyl groups excluding tert-OH is 4. The summed E-state index contributed by atoms with van der Waals surface area (Å²) in [4.78, 5) is 18.4. The number of hydrogen-bond donors (Lipinski definition) is 6. The number of aliphatic hydroxyl groups is 4. The number of hydrogen-bond acceptors (Lipinski definition) is 11. The molecule has 0 saturated heterocycles. The Balaban J connectivity index is 1.04. The van der Waals surface area contributed by atoms with Crippen molar-refractivity contribution in [3.8, 4) is 17.2 Å². The maximum absolute atomic E-state index is 12.7. The van der Waals surface area contributed by atoms with Gasteiger partial charge in [0.05, 0.1) is 58.0 Å². The normalized spacial score (nSPS) is 16.5. The summed E-state index contributed by atoms with van der Waals surface area (Å²) in [7, 11) is 1.56. The van der Waals surface area contributed by atoms with Crippen molar-refractivity contribution in [3.05, 3.63) is 116 Å². The lowest BCUT2D eigenvalue weighted by atomic mass is 9.93. The molecule has 0 aliphatic carbocycles. The van der Waals surface area contributed by atoms with E-state index in [9.17, 15) is 25.2 Å². The summed E-state index contributed by atoms with van der Waals surface area (Å²) >= 11 is 6.05. The number of nitrogens with zero attached hydrogens (tertiary/aromatic N) is 1. The maximum atomic E-state index is 12.7. The molecule has 13 heteroatoms. The number of ether oxygens (including phenoxy) is 3. The number of carbonyl (C=O) groups is 1. The van der Waals surface area contributed by atoms with E-state index in [0.717, 1.165) is 16.7 Å². The third-order valence-electron chi connectivity index (χ3n) is 8.69. The molecule has 0 radical (unpaired) electrons. The van der Waals surface area contributed by atoms with Gasteiger partial charge >= 0.3 is 0 Å². The highest BCUT2D eigenvalue weighted by atomic mass is 35.5. The molecule has 2 aliphatic rings. The average Bonchev–Trinajstić information content (AvgIpc) is 3.65. The van der Waals surface area contributed by atoms with Gasteiger partial charge in [-0.15, -0.1) is 0 Å². The minimum absolute atomic E-state index is 0.243. The van der Waals surface area contributed by atoms with E-state index in [1.165, 1.54) is 0 Å². The number of methoxy groups -OCH3 is 1. The predicted octanol–water partition coefficient (Wildman–Crippen LogP) is 4.89. The van der Waals surface area contributed by atoms with Gasteiger partial charge in [-0.25, -0.2) is 0 Å². The van der Waals surface area contributed by atoms with Gasteiger partial charge in [0.1, 0.15) is 11.9 Å². The number of carbonyl (C=O) groups excluding carboxylic acids is 1. The van der Waals surface area contributed by atoms with Crippen molar-refractivity contribution >= 4 is 28.9 Å². The van der Waals surface area contributed by atoms with Gasteiger partial charge in [0.15, 0.2) is 17.6 Å². The van der Waals surface area contributed by atoms with Gasteiger partial charge in [-0.05, 0) is 88.5 Å². The van der Waals surface area contributed by atoms with Gasteiger partial charge in [-0.1, -0.05) is 22.8 Å². The predicted molar refractivity (Wildman–Crippen MR) is 185 cm³/mol. The Morgan fingerprint density at radius 1 is 0.800 bits per heavy atom. The molecule has 6 rings (SSSR count). The number of benzene rings is 4. The molecule has 0 spiro atoms. The minimum Gasteiger partial charge on any atom is -0.493 e. The first-order valence-corrected chi connectivity index (χ1v) is 16.5. The second-order valence-electron chi connectivity index (χ2n) is 11.8. The Kier molecular flexibility index (Phi) is 11.1. The molecule has 2 aliphatic heterocycles. The molecule has 50 heavy (non-hydrogen) atoms. The Morgan fingerprint density at radius 2 is 1.50 bits per heavy atom. The summed E-state index contributed by atoms with van der Waals surface area (Å²) in [5.41, 5.74) is 6.29. The smallest absolute Gasteiger partial charge is 0.255 e. The summed E-state index contributed by atoms with van der Waals surface area (Å²) in [6.45, 7) is -0.438. The van der Waals surface area contributed by atoms with Crippen LogP contribution >= 0.6 is 11.6 Å². The monoisotopic (exact) mass is 703 g/mol.